The van der Waals surface area contributed by atoms with E-state index in [-0.39, 0.29) is 0 Å². The van der Waals surface area contributed by atoms with E-state index in [0.717, 1.165) is 44.2 Å². The summed E-state index contributed by atoms with van der Waals surface area (Å²) in [6.45, 7) is 0.654. The quantitative estimate of drug-likeness (QED) is 0.513. The highest BCUT2D eigenvalue weighted by atomic mass is 32.1. The number of anilines is 1. The third-order valence-corrected chi connectivity index (χ3v) is 5.25. The average Bonchev–Trinajstić information content (AvgIpc) is 3.17. The van der Waals surface area contributed by atoms with Crippen LogP contribution in [0, 0.1) is 0 Å². The van der Waals surface area contributed by atoms with E-state index in [4.69, 9.17) is 9.47 Å². The van der Waals surface area contributed by atoms with Crippen molar-refractivity contribution >= 4 is 27.4 Å². The van der Waals surface area contributed by atoms with Crippen LogP contribution < -0.4 is 14.8 Å². The summed E-state index contributed by atoms with van der Waals surface area (Å²) >= 11 is 1.62. The van der Waals surface area contributed by atoms with Gasteiger partial charge in [-0.05, 0) is 35.4 Å². The first-order valence-corrected chi connectivity index (χ1v) is 9.40. The molecule has 136 valence electrons. The van der Waals surface area contributed by atoms with Crippen molar-refractivity contribution in [3.63, 3.8) is 0 Å². The molecule has 0 aliphatic heterocycles. The highest BCUT2D eigenvalue weighted by molar-refractivity contribution is 7.17. The van der Waals surface area contributed by atoms with E-state index < -0.39 is 0 Å². The fourth-order valence-electron chi connectivity index (χ4n) is 2.96. The maximum atomic E-state index is 5.30. The molecule has 0 saturated heterocycles. The van der Waals surface area contributed by atoms with Crippen molar-refractivity contribution in [1.82, 2.24) is 9.97 Å². The Balaban J connectivity index is 1.67. The molecule has 0 aliphatic carbocycles. The lowest BCUT2D eigenvalue weighted by Crippen LogP contribution is -2.02. The molecule has 2 aromatic heterocycles. The van der Waals surface area contributed by atoms with Gasteiger partial charge in [0.2, 0.25) is 0 Å². The third-order valence-electron chi connectivity index (χ3n) is 4.37. The molecule has 4 rings (SSSR count). The van der Waals surface area contributed by atoms with Gasteiger partial charge in [-0.1, -0.05) is 24.3 Å². The van der Waals surface area contributed by atoms with Gasteiger partial charge >= 0.3 is 0 Å². The monoisotopic (exact) mass is 377 g/mol. The SMILES string of the molecule is COc1ccc(-c2csc3ncnc(NCc4cccc(OC)c4)c23)cc1. The maximum absolute atomic E-state index is 5.30. The first kappa shape index (κ1) is 17.3. The average molecular weight is 377 g/mol. The van der Waals surface area contributed by atoms with Crippen LogP contribution in [0.25, 0.3) is 21.3 Å². The molecule has 0 aliphatic rings. The lowest BCUT2D eigenvalue weighted by molar-refractivity contribution is 0.414. The number of rotatable bonds is 6. The Bertz CT molecular complexity index is 1060. The molecule has 0 saturated carbocycles. The summed E-state index contributed by atoms with van der Waals surface area (Å²) in [6, 6.07) is 16.0. The van der Waals surface area contributed by atoms with Crippen molar-refractivity contribution < 1.29 is 9.47 Å². The summed E-state index contributed by atoms with van der Waals surface area (Å²) in [4.78, 5) is 9.87. The van der Waals surface area contributed by atoms with Crippen LogP contribution in [0.5, 0.6) is 11.5 Å². The van der Waals surface area contributed by atoms with Gasteiger partial charge in [-0.25, -0.2) is 9.97 Å². The van der Waals surface area contributed by atoms with Gasteiger partial charge < -0.3 is 14.8 Å². The molecule has 0 atom stereocenters. The first-order valence-electron chi connectivity index (χ1n) is 8.52. The molecule has 4 aromatic rings. The van der Waals surface area contributed by atoms with Crippen molar-refractivity contribution in [2.24, 2.45) is 0 Å². The van der Waals surface area contributed by atoms with Crippen LogP contribution in [-0.2, 0) is 6.54 Å². The number of nitrogens with one attached hydrogen (secondary N) is 1. The number of aromatic nitrogens is 2. The zero-order valence-electron chi connectivity index (χ0n) is 15.1. The molecule has 0 radical (unpaired) electrons. The van der Waals surface area contributed by atoms with Gasteiger partial charge in [0.1, 0.15) is 28.5 Å². The maximum Gasteiger partial charge on any atom is 0.139 e. The molecule has 2 aromatic carbocycles. The van der Waals surface area contributed by atoms with E-state index in [1.807, 2.05) is 30.3 Å². The van der Waals surface area contributed by atoms with E-state index in [2.05, 4.69) is 38.9 Å². The highest BCUT2D eigenvalue weighted by Crippen LogP contribution is 2.37. The smallest absolute Gasteiger partial charge is 0.139 e. The standard InChI is InChI=1S/C21H19N3O2S/c1-25-16-8-6-15(7-9-16)18-12-27-21-19(18)20(23-13-24-21)22-11-14-4-3-5-17(10-14)26-2/h3-10,12-13H,11H2,1-2H3,(H,22,23,24). The molecule has 0 bridgehead atoms. The molecule has 27 heavy (non-hydrogen) atoms. The fraction of sp³-hybridized carbons (Fsp3) is 0.143. The summed E-state index contributed by atoms with van der Waals surface area (Å²) in [5, 5.41) is 6.61. The largest absolute Gasteiger partial charge is 0.497 e. The number of methoxy groups -OCH3 is 2. The van der Waals surface area contributed by atoms with Gasteiger partial charge in [0, 0.05) is 17.5 Å². The van der Waals surface area contributed by atoms with E-state index in [1.54, 1.807) is 31.9 Å². The topological polar surface area (TPSA) is 56.3 Å². The Morgan fingerprint density at radius 3 is 2.56 bits per heavy atom. The Labute approximate surface area is 161 Å². The Morgan fingerprint density at radius 2 is 1.78 bits per heavy atom. The van der Waals surface area contributed by atoms with Crippen molar-refractivity contribution in [3.8, 4) is 22.6 Å². The predicted octanol–water partition coefficient (Wildman–Crippen LogP) is 4.99. The van der Waals surface area contributed by atoms with Gasteiger partial charge in [0.05, 0.1) is 19.6 Å². The molecule has 2 heterocycles. The van der Waals surface area contributed by atoms with Crippen LogP contribution in [0.1, 0.15) is 5.56 Å². The number of hydrogen-bond acceptors (Lipinski definition) is 6. The van der Waals surface area contributed by atoms with Gasteiger partial charge in [-0.3, -0.25) is 0 Å². The van der Waals surface area contributed by atoms with Crippen molar-refractivity contribution in [3.05, 3.63) is 65.8 Å². The number of benzene rings is 2. The van der Waals surface area contributed by atoms with Crippen molar-refractivity contribution in [1.29, 1.82) is 0 Å². The third kappa shape index (κ3) is 3.57. The Kier molecular flexibility index (Phi) is 4.89. The molecular formula is C21H19N3O2S. The lowest BCUT2D eigenvalue weighted by Gasteiger charge is -2.10. The number of thiophene rings is 1. The van der Waals surface area contributed by atoms with E-state index in [9.17, 15) is 0 Å². The Morgan fingerprint density at radius 1 is 0.963 bits per heavy atom. The molecular weight excluding hydrogens is 358 g/mol. The number of fused-ring (bicyclic) bond motifs is 1. The summed E-state index contributed by atoms with van der Waals surface area (Å²) in [6.07, 6.45) is 1.60. The van der Waals surface area contributed by atoms with Crippen LogP contribution in [-0.4, -0.2) is 24.2 Å². The molecule has 0 unspecified atom stereocenters. The highest BCUT2D eigenvalue weighted by Gasteiger charge is 2.13. The minimum Gasteiger partial charge on any atom is -0.497 e. The minimum absolute atomic E-state index is 0.654. The van der Waals surface area contributed by atoms with E-state index in [1.165, 1.54) is 0 Å². The van der Waals surface area contributed by atoms with Crippen molar-refractivity contribution in [2.45, 2.75) is 6.54 Å². The Hall–Kier alpha value is -3.12. The second-order valence-electron chi connectivity index (χ2n) is 5.99. The molecule has 1 N–H and O–H groups in total. The number of nitrogens with zero attached hydrogens (tertiary/aromatic N) is 2. The first-order chi connectivity index (χ1) is 13.3. The molecule has 5 nitrogen and oxygen atoms in total. The zero-order valence-corrected chi connectivity index (χ0v) is 15.9. The normalized spacial score (nSPS) is 10.7. The van der Waals surface area contributed by atoms with Gasteiger partial charge in [0.25, 0.3) is 0 Å². The zero-order chi connectivity index (χ0) is 18.6. The summed E-state index contributed by atoms with van der Waals surface area (Å²) < 4.78 is 10.6. The van der Waals surface area contributed by atoms with Gasteiger partial charge in [0.15, 0.2) is 0 Å². The fourth-order valence-corrected chi connectivity index (χ4v) is 3.88. The van der Waals surface area contributed by atoms with Crippen LogP contribution in [0.3, 0.4) is 0 Å². The van der Waals surface area contributed by atoms with Crippen LogP contribution >= 0.6 is 11.3 Å². The predicted molar refractivity (Wildman–Crippen MR) is 110 cm³/mol. The molecule has 0 fully saturated rings. The molecule has 0 spiro atoms. The number of ether oxygens (including phenoxy) is 2. The van der Waals surface area contributed by atoms with Crippen LogP contribution in [0.15, 0.2) is 60.2 Å². The van der Waals surface area contributed by atoms with Crippen LogP contribution in [0.4, 0.5) is 5.82 Å². The second kappa shape index (κ2) is 7.63. The van der Waals surface area contributed by atoms with Crippen LogP contribution in [0.2, 0.25) is 0 Å². The second-order valence-corrected chi connectivity index (χ2v) is 6.84. The van der Waals surface area contributed by atoms with Crippen molar-refractivity contribution in [2.75, 3.05) is 19.5 Å². The van der Waals surface area contributed by atoms with E-state index in [0.29, 0.717) is 6.54 Å². The van der Waals surface area contributed by atoms with E-state index >= 15 is 0 Å². The number of hydrogen-bond donors (Lipinski definition) is 1. The minimum atomic E-state index is 0.654. The lowest BCUT2D eigenvalue weighted by atomic mass is 10.1. The summed E-state index contributed by atoms with van der Waals surface area (Å²) in [7, 11) is 3.34. The van der Waals surface area contributed by atoms with Gasteiger partial charge in [-0.2, -0.15) is 0 Å². The molecule has 6 heteroatoms. The van der Waals surface area contributed by atoms with Gasteiger partial charge in [-0.15, -0.1) is 11.3 Å². The summed E-state index contributed by atoms with van der Waals surface area (Å²) in [5.41, 5.74) is 3.36. The summed E-state index contributed by atoms with van der Waals surface area (Å²) in [5.74, 6) is 2.51. The molecule has 0 amide bonds.